The molecule has 5 nitrogen and oxygen atoms in total. The van der Waals surface area contributed by atoms with Crippen molar-refractivity contribution < 1.29 is 14.3 Å². The zero-order chi connectivity index (χ0) is 19.5. The van der Waals surface area contributed by atoms with E-state index in [0.717, 1.165) is 36.1 Å². The van der Waals surface area contributed by atoms with Crippen LogP contribution >= 0.6 is 0 Å². The highest BCUT2D eigenvalue weighted by molar-refractivity contribution is 6.01. The summed E-state index contributed by atoms with van der Waals surface area (Å²) in [6, 6.07) is 7.77. The molecule has 2 aromatic rings. The molecule has 2 heterocycles. The number of pyridine rings is 1. The van der Waals surface area contributed by atoms with E-state index in [9.17, 15) is 4.79 Å². The third-order valence-electron chi connectivity index (χ3n) is 6.05. The summed E-state index contributed by atoms with van der Waals surface area (Å²) in [6.45, 7) is 6.91. The maximum absolute atomic E-state index is 13.1. The van der Waals surface area contributed by atoms with Crippen LogP contribution in [0.5, 0.6) is 11.5 Å². The van der Waals surface area contributed by atoms with Crippen molar-refractivity contribution in [3.63, 3.8) is 0 Å². The molecule has 1 N–H and O–H groups in total. The molecule has 0 atom stereocenters. The summed E-state index contributed by atoms with van der Waals surface area (Å²) < 4.78 is 10.9. The molecule has 5 heteroatoms. The molecule has 2 aliphatic carbocycles. The maximum Gasteiger partial charge on any atom is 0.236 e. The van der Waals surface area contributed by atoms with Crippen LogP contribution in [0.3, 0.4) is 0 Å². The smallest absolute Gasteiger partial charge is 0.236 e. The highest BCUT2D eigenvalue weighted by atomic mass is 16.7. The lowest BCUT2D eigenvalue weighted by atomic mass is 9.85. The summed E-state index contributed by atoms with van der Waals surface area (Å²) in [6.07, 6.45) is 6.72. The van der Waals surface area contributed by atoms with Gasteiger partial charge in [0.2, 0.25) is 12.7 Å². The second kappa shape index (κ2) is 5.84. The highest BCUT2D eigenvalue weighted by Gasteiger charge is 2.51. The van der Waals surface area contributed by atoms with E-state index < -0.39 is 5.41 Å². The van der Waals surface area contributed by atoms with Crippen LogP contribution in [-0.4, -0.2) is 17.7 Å². The summed E-state index contributed by atoms with van der Waals surface area (Å²) in [5, 5.41) is 3.04. The molecular weight excluding hydrogens is 352 g/mol. The molecule has 5 rings (SSSR count). The zero-order valence-electron chi connectivity index (χ0n) is 16.5. The Labute approximate surface area is 164 Å². The quantitative estimate of drug-likeness (QED) is 0.859. The Balaban J connectivity index is 1.37. The number of nitrogens with zero attached hydrogens (tertiary/aromatic N) is 1. The van der Waals surface area contributed by atoms with E-state index in [0.29, 0.717) is 11.6 Å². The van der Waals surface area contributed by atoms with Crippen LogP contribution in [0.4, 0.5) is 5.82 Å². The van der Waals surface area contributed by atoms with Crippen molar-refractivity contribution in [3.8, 4) is 11.5 Å². The van der Waals surface area contributed by atoms with Crippen molar-refractivity contribution in [1.29, 1.82) is 0 Å². The average molecular weight is 376 g/mol. The summed E-state index contributed by atoms with van der Waals surface area (Å²) in [5.41, 5.74) is 4.40. The molecule has 1 aliphatic heterocycles. The van der Waals surface area contributed by atoms with Gasteiger partial charge in [-0.15, -0.1) is 0 Å². The monoisotopic (exact) mass is 376 g/mol. The van der Waals surface area contributed by atoms with Gasteiger partial charge < -0.3 is 14.8 Å². The lowest BCUT2D eigenvalue weighted by molar-refractivity contribution is -0.118. The summed E-state index contributed by atoms with van der Waals surface area (Å²) in [5.74, 6) is 2.06. The van der Waals surface area contributed by atoms with E-state index in [1.54, 1.807) is 0 Å². The summed E-state index contributed by atoms with van der Waals surface area (Å²) >= 11 is 0. The van der Waals surface area contributed by atoms with E-state index in [2.05, 4.69) is 37.1 Å². The first-order chi connectivity index (χ1) is 13.3. The Kier molecular flexibility index (Phi) is 3.60. The zero-order valence-corrected chi connectivity index (χ0v) is 16.5. The third-order valence-corrected chi connectivity index (χ3v) is 6.05. The van der Waals surface area contributed by atoms with Crippen LogP contribution < -0.4 is 14.8 Å². The predicted molar refractivity (Wildman–Crippen MR) is 107 cm³/mol. The third kappa shape index (κ3) is 2.77. The van der Waals surface area contributed by atoms with Crippen molar-refractivity contribution >= 4 is 17.8 Å². The number of benzene rings is 1. The molecule has 1 amide bonds. The fourth-order valence-corrected chi connectivity index (χ4v) is 3.98. The van der Waals surface area contributed by atoms with E-state index in [1.165, 1.54) is 11.1 Å². The van der Waals surface area contributed by atoms with Gasteiger partial charge in [-0.3, -0.25) is 4.79 Å². The van der Waals surface area contributed by atoms with Gasteiger partial charge in [-0.25, -0.2) is 4.98 Å². The first-order valence-corrected chi connectivity index (χ1v) is 9.77. The number of allylic oxidation sites excluding steroid dienone is 1. The highest BCUT2D eigenvalue weighted by Crippen LogP contribution is 2.51. The molecular formula is C23H24N2O3. The van der Waals surface area contributed by atoms with Crippen LogP contribution in [0.2, 0.25) is 0 Å². The van der Waals surface area contributed by atoms with Crippen molar-refractivity contribution in [2.24, 2.45) is 5.41 Å². The predicted octanol–water partition coefficient (Wildman–Crippen LogP) is 4.47. The molecule has 144 valence electrons. The molecule has 0 unspecified atom stereocenters. The SMILES string of the molecule is CC(C)(C)C1=Cc2cc(NC(=O)C3(c4ccc5c(c4)OCO5)CC3)ncc2C1. The number of amides is 1. The van der Waals surface area contributed by atoms with Crippen molar-refractivity contribution in [1.82, 2.24) is 4.98 Å². The van der Waals surface area contributed by atoms with E-state index >= 15 is 0 Å². The minimum atomic E-state index is -0.492. The number of rotatable bonds is 3. The Bertz CT molecular complexity index is 1010. The Morgan fingerprint density at radius 3 is 2.68 bits per heavy atom. The topological polar surface area (TPSA) is 60.5 Å². The molecule has 0 saturated heterocycles. The number of carbonyl (C=O) groups excluding carboxylic acids is 1. The number of hydrogen-bond donors (Lipinski definition) is 1. The van der Waals surface area contributed by atoms with Crippen LogP contribution in [0.15, 0.2) is 36.0 Å². The number of hydrogen-bond acceptors (Lipinski definition) is 4. The molecule has 1 saturated carbocycles. The number of carbonyl (C=O) groups is 1. The van der Waals surface area contributed by atoms with Gasteiger partial charge >= 0.3 is 0 Å². The molecule has 0 bridgehead atoms. The fourth-order valence-electron chi connectivity index (χ4n) is 3.98. The Morgan fingerprint density at radius 2 is 1.93 bits per heavy atom. The van der Waals surface area contributed by atoms with Crippen LogP contribution in [0.25, 0.3) is 6.08 Å². The molecule has 28 heavy (non-hydrogen) atoms. The maximum atomic E-state index is 13.1. The Morgan fingerprint density at radius 1 is 1.14 bits per heavy atom. The number of nitrogens with one attached hydrogen (secondary N) is 1. The number of aromatic nitrogens is 1. The first-order valence-electron chi connectivity index (χ1n) is 9.77. The van der Waals surface area contributed by atoms with Crippen LogP contribution in [0, 0.1) is 5.41 Å². The molecule has 1 fully saturated rings. The molecule has 1 aromatic heterocycles. The van der Waals surface area contributed by atoms with Gasteiger partial charge in [0.25, 0.3) is 0 Å². The molecule has 1 aromatic carbocycles. The number of ether oxygens (including phenoxy) is 2. The van der Waals surface area contributed by atoms with Crippen molar-refractivity contribution in [3.05, 3.63) is 52.7 Å². The van der Waals surface area contributed by atoms with Crippen LogP contribution in [-0.2, 0) is 16.6 Å². The fraction of sp³-hybridized carbons (Fsp3) is 0.391. The van der Waals surface area contributed by atoms with Crippen LogP contribution in [0.1, 0.15) is 50.3 Å². The van der Waals surface area contributed by atoms with Gasteiger partial charge in [-0.05, 0) is 59.6 Å². The first kappa shape index (κ1) is 17.3. The minimum Gasteiger partial charge on any atom is -0.454 e. The minimum absolute atomic E-state index is 0.00293. The lowest BCUT2D eigenvalue weighted by Gasteiger charge is -2.19. The van der Waals surface area contributed by atoms with E-state index in [1.807, 2.05) is 30.5 Å². The largest absolute Gasteiger partial charge is 0.454 e. The molecule has 0 spiro atoms. The lowest BCUT2D eigenvalue weighted by Crippen LogP contribution is -2.28. The van der Waals surface area contributed by atoms with Crippen molar-refractivity contribution in [2.75, 3.05) is 12.1 Å². The molecule has 0 radical (unpaired) electrons. The van der Waals surface area contributed by atoms with Gasteiger partial charge in [-0.2, -0.15) is 0 Å². The standard InChI is InChI=1S/C23H24N2O3/c1-22(2,3)17-8-14-10-20(24-12-15(14)9-17)25-21(26)23(6-7-23)16-4-5-18-19(11-16)28-13-27-18/h4-5,8,10-12H,6-7,9,13H2,1-3H3,(H,24,25,26). The van der Waals surface area contributed by atoms with E-state index in [-0.39, 0.29) is 18.1 Å². The summed E-state index contributed by atoms with van der Waals surface area (Å²) in [4.78, 5) is 17.6. The van der Waals surface area contributed by atoms with E-state index in [4.69, 9.17) is 9.47 Å². The van der Waals surface area contributed by atoms with Crippen molar-refractivity contribution in [2.45, 2.75) is 45.4 Å². The number of fused-ring (bicyclic) bond motifs is 2. The van der Waals surface area contributed by atoms with Gasteiger partial charge in [-0.1, -0.05) is 38.5 Å². The normalized spacial score (nSPS) is 18.5. The number of anilines is 1. The second-order valence-electron chi connectivity index (χ2n) is 8.97. The Hall–Kier alpha value is -2.82. The summed E-state index contributed by atoms with van der Waals surface area (Å²) in [7, 11) is 0. The van der Waals surface area contributed by atoms with Gasteiger partial charge in [0.05, 0.1) is 5.41 Å². The second-order valence-corrected chi connectivity index (χ2v) is 8.97. The van der Waals surface area contributed by atoms with Gasteiger partial charge in [0.1, 0.15) is 5.82 Å². The molecule has 3 aliphatic rings. The van der Waals surface area contributed by atoms with Gasteiger partial charge in [0, 0.05) is 6.20 Å². The van der Waals surface area contributed by atoms with Gasteiger partial charge in [0.15, 0.2) is 11.5 Å². The average Bonchev–Trinajstić information content (AvgIpc) is 3.13.